The first kappa shape index (κ1) is 18.3. The largest absolute Gasteiger partial charge is 0.508 e. The first-order valence-corrected chi connectivity index (χ1v) is 8.00. The zero-order chi connectivity index (χ0) is 18.7. The lowest BCUT2D eigenvalue weighted by molar-refractivity contribution is 0.0682. The molecular formula is C16H14O8S. The van der Waals surface area contributed by atoms with Crippen LogP contribution < -0.4 is 0 Å². The molecule has 0 amide bonds. The molecule has 2 rings (SSSR count). The van der Waals surface area contributed by atoms with Crippen LogP contribution in [0, 0.1) is 0 Å². The lowest BCUT2D eigenvalue weighted by atomic mass is 10.1. The Morgan fingerprint density at radius 2 is 1.04 bits per heavy atom. The molecule has 0 heterocycles. The quantitative estimate of drug-likeness (QED) is 0.422. The van der Waals surface area contributed by atoms with Crippen LogP contribution >= 0.6 is 11.8 Å². The van der Waals surface area contributed by atoms with E-state index in [0.29, 0.717) is 11.1 Å². The molecule has 9 heteroatoms. The number of phenolic OH excluding ortho intramolecular Hbond substituents is 2. The third-order valence-corrected chi connectivity index (χ3v) is 4.40. The lowest BCUT2D eigenvalue weighted by Crippen LogP contribution is -1.98. The van der Waals surface area contributed by atoms with E-state index in [-0.39, 0.29) is 23.0 Å². The van der Waals surface area contributed by atoms with Crippen molar-refractivity contribution in [2.75, 3.05) is 0 Å². The van der Waals surface area contributed by atoms with E-state index < -0.39 is 34.6 Å². The summed E-state index contributed by atoms with van der Waals surface area (Å²) < 4.78 is 0. The molecule has 0 fully saturated rings. The van der Waals surface area contributed by atoms with Crippen LogP contribution in [-0.4, -0.2) is 42.6 Å². The fraction of sp³-hybridized carbons (Fsp3) is 0.125. The second-order valence-corrected chi connectivity index (χ2v) is 6.08. The van der Waals surface area contributed by atoms with E-state index in [9.17, 15) is 30.0 Å². The van der Waals surface area contributed by atoms with Crippen molar-refractivity contribution in [3.05, 3.63) is 46.5 Å². The Hall–Kier alpha value is -3.07. The molecule has 0 aliphatic rings. The first-order chi connectivity index (χ1) is 11.7. The summed E-state index contributed by atoms with van der Waals surface area (Å²) in [5, 5.41) is 56.6. The van der Waals surface area contributed by atoms with Crippen LogP contribution in [0.3, 0.4) is 0 Å². The molecule has 0 radical (unpaired) electrons. The highest BCUT2D eigenvalue weighted by Crippen LogP contribution is 2.34. The number of benzene rings is 2. The van der Waals surface area contributed by atoms with Crippen LogP contribution in [0.15, 0.2) is 24.3 Å². The average Bonchev–Trinajstić information content (AvgIpc) is 2.52. The molecule has 25 heavy (non-hydrogen) atoms. The highest BCUT2D eigenvalue weighted by molar-refractivity contribution is 7.97. The molecule has 0 unspecified atom stereocenters. The summed E-state index contributed by atoms with van der Waals surface area (Å²) in [4.78, 5) is 21.7. The molecule has 0 aromatic heterocycles. The van der Waals surface area contributed by atoms with Gasteiger partial charge in [0.15, 0.2) is 0 Å². The number of hydrogen-bond donors (Lipinski definition) is 6. The second-order valence-electron chi connectivity index (χ2n) is 5.10. The average molecular weight is 366 g/mol. The van der Waals surface area contributed by atoms with Gasteiger partial charge in [0.1, 0.15) is 34.1 Å². The topological polar surface area (TPSA) is 156 Å². The smallest absolute Gasteiger partial charge is 0.339 e. The van der Waals surface area contributed by atoms with Gasteiger partial charge in [0.2, 0.25) is 0 Å². The number of hydrogen-bond acceptors (Lipinski definition) is 7. The molecule has 132 valence electrons. The Kier molecular flexibility index (Phi) is 5.28. The number of thioether (sulfide) groups is 1. The van der Waals surface area contributed by atoms with Crippen molar-refractivity contribution in [3.63, 3.8) is 0 Å². The Morgan fingerprint density at radius 3 is 1.36 bits per heavy atom. The van der Waals surface area contributed by atoms with Gasteiger partial charge in [0.05, 0.1) is 0 Å². The number of aromatic carboxylic acids is 2. The van der Waals surface area contributed by atoms with Crippen LogP contribution in [0.5, 0.6) is 23.0 Å². The molecule has 6 N–H and O–H groups in total. The third kappa shape index (κ3) is 4.07. The van der Waals surface area contributed by atoms with Crippen molar-refractivity contribution in [2.24, 2.45) is 0 Å². The molecule has 0 aliphatic heterocycles. The maximum absolute atomic E-state index is 10.9. The number of rotatable bonds is 6. The monoisotopic (exact) mass is 366 g/mol. The number of carboxylic acids is 2. The molecule has 0 aliphatic carbocycles. The Morgan fingerprint density at radius 1 is 0.680 bits per heavy atom. The van der Waals surface area contributed by atoms with Gasteiger partial charge in [-0.2, -0.15) is 11.8 Å². The van der Waals surface area contributed by atoms with Crippen molar-refractivity contribution >= 4 is 23.7 Å². The Labute approximate surface area is 145 Å². The molecular weight excluding hydrogens is 352 g/mol. The van der Waals surface area contributed by atoms with E-state index in [1.807, 2.05) is 0 Å². The van der Waals surface area contributed by atoms with Gasteiger partial charge in [-0.05, 0) is 24.3 Å². The Bertz CT molecular complexity index is 777. The van der Waals surface area contributed by atoms with E-state index in [4.69, 9.17) is 10.2 Å². The summed E-state index contributed by atoms with van der Waals surface area (Å²) in [5.74, 6) is -3.93. The van der Waals surface area contributed by atoms with E-state index in [0.717, 1.165) is 24.3 Å². The predicted octanol–water partition coefficient (Wildman–Crippen LogP) is 2.34. The van der Waals surface area contributed by atoms with Gasteiger partial charge in [0.25, 0.3) is 0 Å². The van der Waals surface area contributed by atoms with Crippen molar-refractivity contribution in [3.8, 4) is 23.0 Å². The zero-order valence-electron chi connectivity index (χ0n) is 12.6. The maximum Gasteiger partial charge on any atom is 0.339 e. The number of aromatic hydroxyl groups is 4. The SMILES string of the molecule is O=C(O)c1cc(O)c(CSCc2cc(O)c(C(=O)O)cc2O)cc1O. The molecule has 2 aromatic carbocycles. The summed E-state index contributed by atoms with van der Waals surface area (Å²) in [7, 11) is 0. The van der Waals surface area contributed by atoms with Crippen LogP contribution in [0.4, 0.5) is 0 Å². The molecule has 0 bridgehead atoms. The van der Waals surface area contributed by atoms with Gasteiger partial charge in [-0.3, -0.25) is 0 Å². The van der Waals surface area contributed by atoms with Gasteiger partial charge in [0, 0.05) is 22.6 Å². The van der Waals surface area contributed by atoms with Crippen molar-refractivity contribution in [2.45, 2.75) is 11.5 Å². The van der Waals surface area contributed by atoms with Crippen molar-refractivity contribution in [1.82, 2.24) is 0 Å². The van der Waals surface area contributed by atoms with Crippen LogP contribution in [-0.2, 0) is 11.5 Å². The fourth-order valence-electron chi connectivity index (χ4n) is 2.08. The van der Waals surface area contributed by atoms with E-state index in [1.54, 1.807) is 0 Å². The van der Waals surface area contributed by atoms with Gasteiger partial charge in [-0.1, -0.05) is 0 Å². The highest BCUT2D eigenvalue weighted by Gasteiger charge is 2.16. The van der Waals surface area contributed by atoms with Gasteiger partial charge in [-0.25, -0.2) is 9.59 Å². The van der Waals surface area contributed by atoms with E-state index in [1.165, 1.54) is 11.8 Å². The third-order valence-electron chi connectivity index (χ3n) is 3.37. The fourth-order valence-corrected chi connectivity index (χ4v) is 3.09. The molecule has 0 saturated heterocycles. The predicted molar refractivity (Wildman–Crippen MR) is 88.5 cm³/mol. The standard InChI is InChI=1S/C16H14O8S/c17-11-3-9(15(21)22)13(19)1-7(11)5-25-6-8-2-14(20)10(16(23)24)4-12(8)18/h1-4,17-20H,5-6H2,(H,21,22)(H,23,24). The molecule has 0 spiro atoms. The summed E-state index contributed by atoms with van der Waals surface area (Å²) in [5.41, 5.74) is -0.257. The highest BCUT2D eigenvalue weighted by atomic mass is 32.2. The van der Waals surface area contributed by atoms with Crippen molar-refractivity contribution < 1.29 is 40.2 Å². The van der Waals surface area contributed by atoms with Crippen molar-refractivity contribution in [1.29, 1.82) is 0 Å². The minimum Gasteiger partial charge on any atom is -0.508 e. The van der Waals surface area contributed by atoms with Gasteiger partial charge >= 0.3 is 11.9 Å². The molecule has 2 aromatic rings. The van der Waals surface area contributed by atoms with Crippen LogP contribution in [0.1, 0.15) is 31.8 Å². The zero-order valence-corrected chi connectivity index (χ0v) is 13.4. The first-order valence-electron chi connectivity index (χ1n) is 6.84. The Balaban J connectivity index is 2.11. The number of carboxylic acid groups (broad SMARTS) is 2. The summed E-state index contributed by atoms with van der Waals surface area (Å²) in [6.07, 6.45) is 0. The molecule has 8 nitrogen and oxygen atoms in total. The maximum atomic E-state index is 10.9. The minimum absolute atomic E-state index is 0.181. The lowest BCUT2D eigenvalue weighted by Gasteiger charge is -2.10. The minimum atomic E-state index is -1.37. The molecule has 0 atom stereocenters. The van der Waals surface area contributed by atoms with E-state index in [2.05, 4.69) is 0 Å². The van der Waals surface area contributed by atoms with Crippen LogP contribution in [0.25, 0.3) is 0 Å². The molecule has 0 saturated carbocycles. The number of carbonyl (C=O) groups is 2. The van der Waals surface area contributed by atoms with Gasteiger partial charge < -0.3 is 30.6 Å². The van der Waals surface area contributed by atoms with E-state index >= 15 is 0 Å². The normalized spacial score (nSPS) is 10.6. The summed E-state index contributed by atoms with van der Waals surface area (Å²) >= 11 is 1.20. The summed E-state index contributed by atoms with van der Waals surface area (Å²) in [6, 6.07) is 4.16. The van der Waals surface area contributed by atoms with Crippen LogP contribution in [0.2, 0.25) is 0 Å². The van der Waals surface area contributed by atoms with Gasteiger partial charge in [-0.15, -0.1) is 0 Å². The summed E-state index contributed by atoms with van der Waals surface area (Å²) in [6.45, 7) is 0. The second kappa shape index (κ2) is 7.22. The number of phenols is 4.